The number of primary amides is 1. The maximum Gasteiger partial charge on any atom is 0.269 e. The predicted molar refractivity (Wildman–Crippen MR) is 150 cm³/mol. The van der Waals surface area contributed by atoms with Gasteiger partial charge in [0.2, 0.25) is 5.91 Å². The zero-order chi connectivity index (χ0) is 27.4. The molecule has 1 saturated heterocycles. The van der Waals surface area contributed by atoms with Gasteiger partial charge < -0.3 is 25.6 Å². The first-order valence-corrected chi connectivity index (χ1v) is 13.2. The van der Waals surface area contributed by atoms with E-state index in [0.29, 0.717) is 36.8 Å². The van der Waals surface area contributed by atoms with Crippen LogP contribution in [0.25, 0.3) is 5.69 Å². The van der Waals surface area contributed by atoms with Crippen LogP contribution in [-0.4, -0.2) is 89.7 Å². The van der Waals surface area contributed by atoms with Gasteiger partial charge in [0, 0.05) is 45.3 Å². The molecule has 3 aromatic rings. The number of hydrogen-bond acceptors (Lipinski definition) is 7. The van der Waals surface area contributed by atoms with Gasteiger partial charge in [-0.15, -0.1) is 0 Å². The van der Waals surface area contributed by atoms with E-state index in [1.165, 1.54) is 0 Å². The fraction of sp³-hybridized carbons (Fsp3) is 0.345. The average Bonchev–Trinajstić information content (AvgIpc) is 3.34. The van der Waals surface area contributed by atoms with E-state index in [4.69, 9.17) is 15.6 Å². The average molecular weight is 530 g/mol. The summed E-state index contributed by atoms with van der Waals surface area (Å²) in [6.07, 6.45) is 4.41. The van der Waals surface area contributed by atoms with Gasteiger partial charge in [-0.25, -0.2) is 4.68 Å². The first-order chi connectivity index (χ1) is 18.9. The molecular weight excluding hydrogens is 494 g/mol. The van der Waals surface area contributed by atoms with Gasteiger partial charge in [-0.2, -0.15) is 5.10 Å². The molecule has 2 aliphatic heterocycles. The molecule has 2 aromatic carbocycles. The summed E-state index contributed by atoms with van der Waals surface area (Å²) in [5.41, 5.74) is 8.41. The van der Waals surface area contributed by atoms with Crippen LogP contribution in [0.1, 0.15) is 28.6 Å². The number of hydrogen-bond donors (Lipinski definition) is 2. The maximum atomic E-state index is 12.6. The number of likely N-dealkylation sites (N-methyl/N-ethyl adjacent to an activating group) is 1. The lowest BCUT2D eigenvalue weighted by Crippen LogP contribution is -2.50. The molecule has 2 amide bonds. The Bertz CT molecular complexity index is 1330. The van der Waals surface area contributed by atoms with Crippen molar-refractivity contribution in [3.8, 4) is 17.2 Å². The van der Waals surface area contributed by atoms with Crippen molar-refractivity contribution in [3.63, 3.8) is 0 Å². The van der Waals surface area contributed by atoms with E-state index in [2.05, 4.69) is 10.2 Å². The Morgan fingerprint density at radius 3 is 2.41 bits per heavy atom. The Labute approximate surface area is 228 Å². The number of piperazine rings is 1. The topological polar surface area (TPSA) is 109 Å². The largest absolute Gasteiger partial charge is 0.457 e. The number of nitrogens with one attached hydrogen (secondary N) is 1. The van der Waals surface area contributed by atoms with Crippen LogP contribution in [0.15, 0.2) is 66.7 Å². The number of ether oxygens (including phenoxy) is 1. The lowest BCUT2D eigenvalue weighted by Gasteiger charge is -2.40. The minimum Gasteiger partial charge on any atom is -0.457 e. The Kier molecular flexibility index (Phi) is 7.94. The van der Waals surface area contributed by atoms with Crippen molar-refractivity contribution in [2.75, 3.05) is 58.7 Å². The van der Waals surface area contributed by atoms with E-state index in [9.17, 15) is 9.59 Å². The second-order valence-electron chi connectivity index (χ2n) is 10.1. The number of fused-ring (bicyclic) bond motifs is 1. The summed E-state index contributed by atoms with van der Waals surface area (Å²) < 4.78 is 7.53. The SMILES string of the molecule is CN(C)C/C=C/C(=O)N1CCN(C2CCNc3c2nn(-c2ccc(Oc4ccccc4)cc2)c3C(N)=O)CC1. The number of carbonyl (C=O) groups is 2. The van der Waals surface area contributed by atoms with Crippen LogP contribution in [0.3, 0.4) is 0 Å². The summed E-state index contributed by atoms with van der Waals surface area (Å²) in [6.45, 7) is 4.22. The number of carbonyl (C=O) groups excluding carboxylic acids is 2. The molecule has 39 heavy (non-hydrogen) atoms. The van der Waals surface area contributed by atoms with Gasteiger partial charge in [-0.3, -0.25) is 14.5 Å². The van der Waals surface area contributed by atoms with E-state index >= 15 is 0 Å². The van der Waals surface area contributed by atoms with Crippen LogP contribution in [0.5, 0.6) is 11.5 Å². The fourth-order valence-corrected chi connectivity index (χ4v) is 5.09. The van der Waals surface area contributed by atoms with Crippen LogP contribution in [0.2, 0.25) is 0 Å². The van der Waals surface area contributed by atoms with E-state index < -0.39 is 5.91 Å². The molecule has 204 valence electrons. The standard InChI is InChI=1S/C29H35N7O3/c1-33(2)16-6-9-25(37)35-19-17-34(18-20-35)24-14-15-31-27-26(24)32-36(28(27)29(30)38)21-10-12-23(13-11-21)39-22-7-4-3-5-8-22/h3-13,24,31H,14-20H2,1-2H3,(H2,30,38)/b9-6+. The van der Waals surface area contributed by atoms with Crippen molar-refractivity contribution in [2.24, 2.45) is 5.73 Å². The van der Waals surface area contributed by atoms with Crippen molar-refractivity contribution >= 4 is 17.5 Å². The molecule has 1 fully saturated rings. The summed E-state index contributed by atoms with van der Waals surface area (Å²) in [5, 5.41) is 8.26. The van der Waals surface area contributed by atoms with Crippen LogP contribution < -0.4 is 15.8 Å². The number of rotatable bonds is 8. The molecule has 3 N–H and O–H groups in total. The van der Waals surface area contributed by atoms with Crippen LogP contribution in [-0.2, 0) is 4.79 Å². The van der Waals surface area contributed by atoms with Crippen LogP contribution >= 0.6 is 0 Å². The molecular formula is C29H35N7O3. The van der Waals surface area contributed by atoms with Gasteiger partial charge in [0.1, 0.15) is 17.2 Å². The molecule has 1 unspecified atom stereocenters. The molecule has 1 atom stereocenters. The van der Waals surface area contributed by atoms with Gasteiger partial charge in [0.25, 0.3) is 5.91 Å². The monoisotopic (exact) mass is 529 g/mol. The third-order valence-corrected chi connectivity index (χ3v) is 7.04. The van der Waals surface area contributed by atoms with Crippen molar-refractivity contribution in [2.45, 2.75) is 12.5 Å². The zero-order valence-corrected chi connectivity index (χ0v) is 22.4. The smallest absolute Gasteiger partial charge is 0.269 e. The molecule has 5 rings (SSSR count). The number of amides is 2. The quantitative estimate of drug-likeness (QED) is 0.432. The lowest BCUT2D eigenvalue weighted by atomic mass is 10.0. The molecule has 0 spiro atoms. The van der Waals surface area contributed by atoms with E-state index in [-0.39, 0.29) is 11.9 Å². The number of anilines is 1. The van der Waals surface area contributed by atoms with Gasteiger partial charge >= 0.3 is 0 Å². The summed E-state index contributed by atoms with van der Waals surface area (Å²) in [6, 6.07) is 17.0. The van der Waals surface area contributed by atoms with E-state index in [0.717, 1.165) is 43.2 Å². The van der Waals surface area contributed by atoms with E-state index in [1.54, 1.807) is 10.8 Å². The molecule has 0 bridgehead atoms. The van der Waals surface area contributed by atoms with Crippen molar-refractivity contribution in [1.29, 1.82) is 0 Å². The molecule has 10 nitrogen and oxygen atoms in total. The Morgan fingerprint density at radius 2 is 1.74 bits per heavy atom. The third kappa shape index (κ3) is 5.97. The highest BCUT2D eigenvalue weighted by Gasteiger charge is 2.35. The van der Waals surface area contributed by atoms with E-state index in [1.807, 2.05) is 84.6 Å². The first kappa shape index (κ1) is 26.5. The molecule has 1 aromatic heterocycles. The summed E-state index contributed by atoms with van der Waals surface area (Å²) in [5.74, 6) is 0.933. The van der Waals surface area contributed by atoms with Crippen molar-refractivity contribution in [1.82, 2.24) is 24.5 Å². The third-order valence-electron chi connectivity index (χ3n) is 7.04. The molecule has 2 aliphatic rings. The van der Waals surface area contributed by atoms with Gasteiger partial charge in [-0.05, 0) is 56.9 Å². The molecule has 3 heterocycles. The second-order valence-corrected chi connectivity index (χ2v) is 10.1. The number of nitrogens with two attached hydrogens (primary N) is 1. The van der Waals surface area contributed by atoms with Gasteiger partial charge in [0.05, 0.1) is 17.4 Å². The van der Waals surface area contributed by atoms with Crippen LogP contribution in [0.4, 0.5) is 5.69 Å². The molecule has 0 saturated carbocycles. The highest BCUT2D eigenvalue weighted by molar-refractivity contribution is 5.98. The normalized spacial score (nSPS) is 17.7. The number of benzene rings is 2. The predicted octanol–water partition coefficient (Wildman–Crippen LogP) is 2.88. The number of para-hydroxylation sites is 1. The fourth-order valence-electron chi connectivity index (χ4n) is 5.09. The van der Waals surface area contributed by atoms with Crippen molar-refractivity contribution in [3.05, 3.63) is 78.1 Å². The second kappa shape index (κ2) is 11.7. The first-order valence-electron chi connectivity index (χ1n) is 13.2. The van der Waals surface area contributed by atoms with Gasteiger partial charge in [-0.1, -0.05) is 24.3 Å². The summed E-state index contributed by atoms with van der Waals surface area (Å²) in [7, 11) is 3.95. The van der Waals surface area contributed by atoms with Crippen LogP contribution in [0, 0.1) is 0 Å². The summed E-state index contributed by atoms with van der Waals surface area (Å²) in [4.78, 5) is 31.4. The minimum atomic E-state index is -0.540. The molecule has 0 aliphatic carbocycles. The highest BCUT2D eigenvalue weighted by atomic mass is 16.5. The maximum absolute atomic E-state index is 12.6. The molecule has 0 radical (unpaired) electrons. The lowest BCUT2D eigenvalue weighted by molar-refractivity contribution is -0.128. The van der Waals surface area contributed by atoms with Crippen molar-refractivity contribution < 1.29 is 14.3 Å². The minimum absolute atomic E-state index is 0.0304. The Morgan fingerprint density at radius 1 is 1.05 bits per heavy atom. The highest BCUT2D eigenvalue weighted by Crippen LogP contribution is 2.37. The van der Waals surface area contributed by atoms with Gasteiger partial charge in [0.15, 0.2) is 5.69 Å². The summed E-state index contributed by atoms with van der Waals surface area (Å²) >= 11 is 0. The zero-order valence-electron chi connectivity index (χ0n) is 22.4. The Hall–Kier alpha value is -4.15. The molecule has 10 heteroatoms. The Balaban J connectivity index is 1.33. The number of aromatic nitrogens is 2. The number of nitrogens with zero attached hydrogens (tertiary/aromatic N) is 5.